The summed E-state index contributed by atoms with van der Waals surface area (Å²) in [5.41, 5.74) is 6.58. The third kappa shape index (κ3) is 3.81. The molecule has 21 heavy (non-hydrogen) atoms. The predicted octanol–water partition coefficient (Wildman–Crippen LogP) is 2.49. The Balaban J connectivity index is 2.22. The molecule has 108 valence electrons. The molecule has 2 amide bonds. The van der Waals surface area contributed by atoms with E-state index in [2.05, 4.69) is 10.6 Å². The van der Waals surface area contributed by atoms with Crippen molar-refractivity contribution in [2.24, 2.45) is 5.73 Å². The highest BCUT2D eigenvalue weighted by Gasteiger charge is 2.12. The van der Waals surface area contributed by atoms with E-state index in [0.717, 1.165) is 0 Å². The van der Waals surface area contributed by atoms with Gasteiger partial charge in [-0.25, -0.2) is 0 Å². The number of benzene rings is 2. The van der Waals surface area contributed by atoms with Crippen LogP contribution in [-0.4, -0.2) is 18.4 Å². The molecule has 5 nitrogen and oxygen atoms in total. The summed E-state index contributed by atoms with van der Waals surface area (Å²) >= 11 is 5.98. The van der Waals surface area contributed by atoms with Gasteiger partial charge in [-0.2, -0.15) is 0 Å². The molecule has 2 aromatic carbocycles. The van der Waals surface area contributed by atoms with Gasteiger partial charge >= 0.3 is 0 Å². The number of carbonyl (C=O) groups is 2. The maximum atomic E-state index is 12.2. The SMILES string of the molecule is NCC(=O)Nc1ccccc1NC(=O)c1ccccc1Cl. The normalized spacial score (nSPS) is 10.0. The molecule has 0 aliphatic rings. The minimum absolute atomic E-state index is 0.132. The molecule has 2 rings (SSSR count). The summed E-state index contributed by atoms with van der Waals surface area (Å²) in [6, 6.07) is 13.6. The van der Waals surface area contributed by atoms with E-state index in [1.54, 1.807) is 48.5 Å². The maximum Gasteiger partial charge on any atom is 0.257 e. The van der Waals surface area contributed by atoms with Crippen molar-refractivity contribution in [3.05, 3.63) is 59.1 Å². The van der Waals surface area contributed by atoms with Crippen LogP contribution in [0.2, 0.25) is 5.02 Å². The Kier molecular flexibility index (Phi) is 4.92. The summed E-state index contributed by atoms with van der Waals surface area (Å²) in [7, 11) is 0. The number of hydrogen-bond acceptors (Lipinski definition) is 3. The third-order valence-corrected chi connectivity index (χ3v) is 3.08. The predicted molar refractivity (Wildman–Crippen MR) is 83.5 cm³/mol. The number of anilines is 2. The molecule has 0 radical (unpaired) electrons. The van der Waals surface area contributed by atoms with Crippen molar-refractivity contribution in [2.45, 2.75) is 0 Å². The fourth-order valence-corrected chi connectivity index (χ4v) is 1.96. The lowest BCUT2D eigenvalue weighted by molar-refractivity contribution is -0.114. The second kappa shape index (κ2) is 6.88. The van der Waals surface area contributed by atoms with Crippen LogP contribution >= 0.6 is 11.6 Å². The van der Waals surface area contributed by atoms with Gasteiger partial charge in [0.1, 0.15) is 0 Å². The van der Waals surface area contributed by atoms with Gasteiger partial charge in [-0.3, -0.25) is 9.59 Å². The van der Waals surface area contributed by atoms with Crippen LogP contribution in [0.3, 0.4) is 0 Å². The first kappa shape index (κ1) is 15.0. The van der Waals surface area contributed by atoms with Gasteiger partial charge in [0.05, 0.1) is 28.5 Å². The zero-order chi connectivity index (χ0) is 15.2. The molecule has 0 saturated heterocycles. The van der Waals surface area contributed by atoms with Gasteiger partial charge in [-0.15, -0.1) is 0 Å². The first-order valence-electron chi connectivity index (χ1n) is 6.26. The van der Waals surface area contributed by atoms with Crippen LogP contribution in [0.25, 0.3) is 0 Å². The lowest BCUT2D eigenvalue weighted by Gasteiger charge is -2.12. The number of hydrogen-bond donors (Lipinski definition) is 3. The van der Waals surface area contributed by atoms with Crippen molar-refractivity contribution >= 4 is 34.8 Å². The Bertz CT molecular complexity index is 673. The molecule has 0 aromatic heterocycles. The lowest BCUT2D eigenvalue weighted by Crippen LogP contribution is -2.23. The van der Waals surface area contributed by atoms with Gasteiger partial charge < -0.3 is 16.4 Å². The molecular formula is C15H14ClN3O2. The Morgan fingerprint density at radius 1 is 0.952 bits per heavy atom. The minimum Gasteiger partial charge on any atom is -0.323 e. The number of rotatable bonds is 4. The Morgan fingerprint density at radius 2 is 1.52 bits per heavy atom. The Labute approximate surface area is 127 Å². The van der Waals surface area contributed by atoms with Crippen LogP contribution in [0.4, 0.5) is 11.4 Å². The van der Waals surface area contributed by atoms with Gasteiger partial charge in [0.25, 0.3) is 5.91 Å². The summed E-state index contributed by atoms with van der Waals surface area (Å²) in [4.78, 5) is 23.6. The molecule has 0 heterocycles. The number of para-hydroxylation sites is 2. The fourth-order valence-electron chi connectivity index (χ4n) is 1.74. The summed E-state index contributed by atoms with van der Waals surface area (Å²) in [6.07, 6.45) is 0. The second-order valence-electron chi connectivity index (χ2n) is 4.23. The fraction of sp³-hybridized carbons (Fsp3) is 0.0667. The third-order valence-electron chi connectivity index (χ3n) is 2.75. The standard InChI is InChI=1S/C15H14ClN3O2/c16-11-6-2-1-5-10(11)15(21)19-13-8-4-3-7-12(13)18-14(20)9-17/h1-8H,9,17H2,(H,18,20)(H,19,21). The lowest BCUT2D eigenvalue weighted by atomic mass is 10.2. The summed E-state index contributed by atoms with van der Waals surface area (Å²) in [5, 5.41) is 5.70. The van der Waals surface area contributed by atoms with Gasteiger partial charge in [0, 0.05) is 0 Å². The van der Waals surface area contributed by atoms with Gasteiger partial charge in [0.2, 0.25) is 5.91 Å². The monoisotopic (exact) mass is 303 g/mol. The van der Waals surface area contributed by atoms with Crippen molar-refractivity contribution in [2.75, 3.05) is 17.2 Å². The molecule has 0 atom stereocenters. The van der Waals surface area contributed by atoms with Crippen LogP contribution in [-0.2, 0) is 4.79 Å². The molecule has 4 N–H and O–H groups in total. The van der Waals surface area contributed by atoms with E-state index in [0.29, 0.717) is 22.0 Å². The summed E-state index contributed by atoms with van der Waals surface area (Å²) < 4.78 is 0. The van der Waals surface area contributed by atoms with Crippen molar-refractivity contribution in [3.63, 3.8) is 0 Å². The van der Waals surface area contributed by atoms with Crippen molar-refractivity contribution < 1.29 is 9.59 Å². The van der Waals surface area contributed by atoms with E-state index in [1.165, 1.54) is 0 Å². The van der Waals surface area contributed by atoms with Gasteiger partial charge in [-0.1, -0.05) is 35.9 Å². The van der Waals surface area contributed by atoms with Crippen LogP contribution < -0.4 is 16.4 Å². The quantitative estimate of drug-likeness (QED) is 0.811. The smallest absolute Gasteiger partial charge is 0.257 e. The second-order valence-corrected chi connectivity index (χ2v) is 4.64. The van der Waals surface area contributed by atoms with Crippen LogP contribution in [0, 0.1) is 0 Å². The molecule has 2 aromatic rings. The maximum absolute atomic E-state index is 12.2. The van der Waals surface area contributed by atoms with Crippen LogP contribution in [0.5, 0.6) is 0 Å². The first-order chi connectivity index (χ1) is 10.1. The molecule has 0 saturated carbocycles. The van der Waals surface area contributed by atoms with Crippen LogP contribution in [0.15, 0.2) is 48.5 Å². The first-order valence-corrected chi connectivity index (χ1v) is 6.64. The number of carbonyl (C=O) groups excluding carboxylic acids is 2. The molecule has 6 heteroatoms. The summed E-state index contributed by atoms with van der Waals surface area (Å²) in [5.74, 6) is -0.690. The Hall–Kier alpha value is -2.37. The zero-order valence-electron chi connectivity index (χ0n) is 11.1. The topological polar surface area (TPSA) is 84.2 Å². The van der Waals surface area contributed by atoms with Crippen LogP contribution in [0.1, 0.15) is 10.4 Å². The van der Waals surface area contributed by atoms with E-state index in [1.807, 2.05) is 0 Å². The van der Waals surface area contributed by atoms with Crippen molar-refractivity contribution in [1.29, 1.82) is 0 Å². The molecule has 0 fully saturated rings. The van der Waals surface area contributed by atoms with Gasteiger partial charge in [-0.05, 0) is 24.3 Å². The van der Waals surface area contributed by atoms with E-state index >= 15 is 0 Å². The highest BCUT2D eigenvalue weighted by Crippen LogP contribution is 2.23. The average Bonchev–Trinajstić information content (AvgIpc) is 2.49. The zero-order valence-corrected chi connectivity index (χ0v) is 11.9. The molecular weight excluding hydrogens is 290 g/mol. The summed E-state index contributed by atoms with van der Waals surface area (Å²) in [6.45, 7) is -0.132. The highest BCUT2D eigenvalue weighted by atomic mass is 35.5. The largest absolute Gasteiger partial charge is 0.323 e. The molecule has 0 unspecified atom stereocenters. The molecule has 0 bridgehead atoms. The number of nitrogens with two attached hydrogens (primary N) is 1. The number of amides is 2. The molecule has 0 spiro atoms. The highest BCUT2D eigenvalue weighted by molar-refractivity contribution is 6.34. The Morgan fingerprint density at radius 3 is 2.14 bits per heavy atom. The van der Waals surface area contributed by atoms with Crippen molar-refractivity contribution in [1.82, 2.24) is 0 Å². The van der Waals surface area contributed by atoms with E-state index in [-0.39, 0.29) is 18.4 Å². The van der Waals surface area contributed by atoms with Crippen molar-refractivity contribution in [3.8, 4) is 0 Å². The van der Waals surface area contributed by atoms with Gasteiger partial charge in [0.15, 0.2) is 0 Å². The molecule has 0 aliphatic heterocycles. The number of nitrogens with one attached hydrogen (secondary N) is 2. The molecule has 0 aliphatic carbocycles. The minimum atomic E-state index is -0.352. The number of halogens is 1. The average molecular weight is 304 g/mol. The van der Waals surface area contributed by atoms with E-state index < -0.39 is 0 Å². The van der Waals surface area contributed by atoms with E-state index in [9.17, 15) is 9.59 Å². The van der Waals surface area contributed by atoms with E-state index in [4.69, 9.17) is 17.3 Å².